The van der Waals surface area contributed by atoms with E-state index in [0.29, 0.717) is 19.3 Å². The molecule has 9 N–H and O–H groups in total. The monoisotopic (exact) mass is 1140 g/mol. The highest BCUT2D eigenvalue weighted by Crippen LogP contribution is 2.60. The number of rotatable bonds is 23. The number of allylic oxidation sites excluding steroid dienone is 10. The first-order chi connectivity index (χ1) is 37.3. The molecule has 0 radical (unpaired) electrons. The Balaban J connectivity index is 1.79. The zero-order valence-electron chi connectivity index (χ0n) is 45.0. The average molecular weight is 1140 g/mol. The number of hydrogen-bond donors (Lipinski definition) is 8. The minimum absolute atomic E-state index is 0.0966. The lowest BCUT2D eigenvalue weighted by atomic mass is 9.82. The third-order valence-corrected chi connectivity index (χ3v) is 15.3. The molecule has 0 saturated carbocycles. The number of Topliss-reactive ketones (excluding diaryl/α,β-unsaturated/α-hetero) is 1. The molecular formula is C54H85N3O19P2. The molecular weight excluding hydrogens is 1060 g/mol. The highest BCUT2D eigenvalue weighted by Gasteiger charge is 2.45. The number of esters is 2. The molecule has 2 aliphatic heterocycles. The van der Waals surface area contributed by atoms with Crippen LogP contribution in [0.4, 0.5) is 5.82 Å². The van der Waals surface area contributed by atoms with Gasteiger partial charge in [0.25, 0.3) is 0 Å². The van der Waals surface area contributed by atoms with E-state index in [1.54, 1.807) is 6.08 Å². The van der Waals surface area contributed by atoms with Crippen LogP contribution in [-0.4, -0.2) is 125 Å². The standard InChI is InChI=1S/C54H85N3O19P2/c1-3-5-7-8-9-10-11-12-13-14-15-16-17-18-19-20-21-22-24-30-50(63)74-42-37-71-49(62)29-26-25-28-41(59)35-44-46(61)36-45(60)43(32-31-40(58)27-23-6-4-2)51(64)52(65)47(39-73-78(69,70)76-77(67,68)72-38-42)75-53(44)57-34-33-48(55)56-54(57)66/h9-10,12-13,15-16,18-19,21-22,31-34,40,42-47,51-53,58,60-61,64-65H,3-8,11,14,17,20,23-30,35-39H2,1-2H3,(H,67,68)(H,69,70)(H2,55,56,66)/b10-9-,13-12-,16-15-,19-18-,22-21-,32-31+/t40-,42+,43-,44-,45+,46-,47+,51-,52+,53+/m0/s1. The molecule has 2 saturated heterocycles. The maximum absolute atomic E-state index is 13.7. The van der Waals surface area contributed by atoms with Crippen molar-refractivity contribution in [3.8, 4) is 0 Å². The van der Waals surface area contributed by atoms with Crippen molar-refractivity contribution in [2.45, 2.75) is 191 Å². The summed E-state index contributed by atoms with van der Waals surface area (Å²) in [5.74, 6) is -5.32. The van der Waals surface area contributed by atoms with Crippen molar-refractivity contribution < 1.29 is 86.4 Å². The van der Waals surface area contributed by atoms with Crippen molar-refractivity contribution in [1.29, 1.82) is 0 Å². The molecule has 3 rings (SSSR count). The summed E-state index contributed by atoms with van der Waals surface area (Å²) < 4.78 is 58.7. The number of fused-ring (bicyclic) bond motifs is 3. The number of phosphoric acid groups is 2. The fourth-order valence-electron chi connectivity index (χ4n) is 8.40. The van der Waals surface area contributed by atoms with Gasteiger partial charge in [-0.1, -0.05) is 119 Å². The maximum Gasteiger partial charge on any atom is 0.481 e. The molecule has 2 fully saturated rings. The van der Waals surface area contributed by atoms with Crippen LogP contribution in [0.5, 0.6) is 0 Å². The van der Waals surface area contributed by atoms with E-state index in [1.165, 1.54) is 37.5 Å². The topological polar surface area (TPSA) is 343 Å². The number of phosphoric ester groups is 2. The second kappa shape index (κ2) is 37.6. The molecule has 22 nitrogen and oxygen atoms in total. The number of aromatic nitrogens is 2. The predicted octanol–water partition coefficient (Wildman–Crippen LogP) is 7.23. The molecule has 24 heteroatoms. The van der Waals surface area contributed by atoms with Gasteiger partial charge in [-0.3, -0.25) is 28.0 Å². The van der Waals surface area contributed by atoms with Crippen molar-refractivity contribution in [2.75, 3.05) is 25.6 Å². The molecule has 440 valence electrons. The summed E-state index contributed by atoms with van der Waals surface area (Å²) in [5.41, 5.74) is 4.66. The second-order valence-corrected chi connectivity index (χ2v) is 22.4. The Morgan fingerprint density at radius 2 is 1.38 bits per heavy atom. The summed E-state index contributed by atoms with van der Waals surface area (Å²) in [4.78, 5) is 78.0. The van der Waals surface area contributed by atoms with Crippen LogP contribution < -0.4 is 11.4 Å². The summed E-state index contributed by atoms with van der Waals surface area (Å²) in [6, 6.07) is 1.17. The molecule has 0 spiro atoms. The average Bonchev–Trinajstić information content (AvgIpc) is 3.37. The fraction of sp³-hybridized carbons (Fsp3) is 0.648. The first-order valence-corrected chi connectivity index (χ1v) is 30.1. The van der Waals surface area contributed by atoms with Gasteiger partial charge in [0.15, 0.2) is 6.10 Å². The molecule has 78 heavy (non-hydrogen) atoms. The SMILES string of the molecule is CCCCC/C=C\C/C=C\C/C=C\C/C=C\C/C=C\CCC(=O)O[C@@H]1COC(=O)CCCCC(=O)C[C@@H]2[C@H](n3ccc(N)nc3=O)O[C@H](COP(=O)(O)OP(=O)(O)OC1)[C@@H](O)[C@@H](O)[C@@H](/C=C/[C@@H](O)CCCCC)[C@H](O)C[C@@H]2O. The maximum atomic E-state index is 13.7. The number of aliphatic hydroxyl groups excluding tert-OH is 5. The molecule has 2 bridgehead atoms. The third-order valence-electron chi connectivity index (χ3n) is 12.7. The lowest BCUT2D eigenvalue weighted by molar-refractivity contribution is -0.196. The van der Waals surface area contributed by atoms with Crippen LogP contribution in [0.1, 0.15) is 148 Å². The summed E-state index contributed by atoms with van der Waals surface area (Å²) >= 11 is 0. The van der Waals surface area contributed by atoms with Crippen molar-refractivity contribution in [1.82, 2.24) is 9.55 Å². The quantitative estimate of drug-likeness (QED) is 0.0232. The van der Waals surface area contributed by atoms with Gasteiger partial charge in [-0.2, -0.15) is 9.29 Å². The number of nitrogen functional groups attached to an aromatic ring is 1. The van der Waals surface area contributed by atoms with Crippen molar-refractivity contribution in [3.05, 3.63) is 95.7 Å². The van der Waals surface area contributed by atoms with E-state index in [9.17, 15) is 63.6 Å². The molecule has 0 aliphatic carbocycles. The second-order valence-electron chi connectivity index (χ2n) is 19.3. The zero-order valence-corrected chi connectivity index (χ0v) is 46.8. The Hall–Kier alpha value is -4.25. The molecule has 0 aromatic carbocycles. The van der Waals surface area contributed by atoms with Gasteiger partial charge >= 0.3 is 33.3 Å². The summed E-state index contributed by atoms with van der Waals surface area (Å²) in [6.45, 7) is 1.20. The number of cyclic esters (lactones) is 1. The van der Waals surface area contributed by atoms with Gasteiger partial charge in [0.1, 0.15) is 36.6 Å². The van der Waals surface area contributed by atoms with E-state index in [1.807, 2.05) is 25.2 Å². The van der Waals surface area contributed by atoms with E-state index in [-0.39, 0.29) is 44.3 Å². The number of carbonyl (C=O) groups excluding carboxylic acids is 3. The molecule has 0 amide bonds. The first-order valence-electron chi connectivity index (χ1n) is 27.1. The van der Waals surface area contributed by atoms with Crippen LogP contribution >= 0.6 is 15.6 Å². The van der Waals surface area contributed by atoms with Crippen molar-refractivity contribution in [2.24, 2.45) is 11.8 Å². The van der Waals surface area contributed by atoms with Gasteiger partial charge in [0, 0.05) is 50.1 Å². The number of carbonyl (C=O) groups is 3. The van der Waals surface area contributed by atoms with Crippen molar-refractivity contribution in [3.63, 3.8) is 0 Å². The van der Waals surface area contributed by atoms with Gasteiger partial charge in [0.2, 0.25) is 0 Å². The summed E-state index contributed by atoms with van der Waals surface area (Å²) in [6.07, 6.45) is 19.3. The van der Waals surface area contributed by atoms with Gasteiger partial charge in [-0.25, -0.2) is 13.9 Å². The minimum Gasteiger partial charge on any atom is -0.462 e. The van der Waals surface area contributed by atoms with Crippen LogP contribution in [0.2, 0.25) is 0 Å². The van der Waals surface area contributed by atoms with E-state index in [0.717, 1.165) is 49.3 Å². The predicted molar refractivity (Wildman–Crippen MR) is 291 cm³/mol. The fourth-order valence-corrected chi connectivity index (χ4v) is 10.5. The van der Waals surface area contributed by atoms with E-state index in [4.69, 9.17) is 29.0 Å². The largest absolute Gasteiger partial charge is 0.481 e. The Morgan fingerprint density at radius 1 is 0.795 bits per heavy atom. The van der Waals surface area contributed by atoms with Crippen LogP contribution in [0, 0.1) is 11.8 Å². The number of anilines is 1. The van der Waals surface area contributed by atoms with E-state index >= 15 is 0 Å². The van der Waals surface area contributed by atoms with E-state index in [2.05, 4.69) is 52.7 Å². The number of ether oxygens (including phenoxy) is 3. The van der Waals surface area contributed by atoms with Gasteiger partial charge in [0.05, 0.1) is 37.6 Å². The number of hydrogen-bond acceptors (Lipinski definition) is 19. The Labute approximate surface area is 458 Å². The lowest BCUT2D eigenvalue weighted by Gasteiger charge is -2.40. The molecule has 2 unspecified atom stereocenters. The molecule has 12 atom stereocenters. The summed E-state index contributed by atoms with van der Waals surface area (Å²) in [5, 5.41) is 57.5. The Kier molecular flexibility index (Phi) is 32.8. The Morgan fingerprint density at radius 3 is 2.01 bits per heavy atom. The lowest BCUT2D eigenvalue weighted by Crippen LogP contribution is -2.52. The van der Waals surface area contributed by atoms with Crippen LogP contribution in [0.25, 0.3) is 0 Å². The van der Waals surface area contributed by atoms with Crippen LogP contribution in [0.3, 0.4) is 0 Å². The number of nitrogens with two attached hydrogens (primary N) is 1. The zero-order chi connectivity index (χ0) is 57.4. The van der Waals surface area contributed by atoms with Gasteiger partial charge in [-0.05, 0) is 70.3 Å². The highest BCUT2D eigenvalue weighted by atomic mass is 31.3. The van der Waals surface area contributed by atoms with Crippen LogP contribution in [0.15, 0.2) is 90.0 Å². The van der Waals surface area contributed by atoms with Gasteiger partial charge in [-0.15, -0.1) is 0 Å². The first kappa shape index (κ1) is 68.0. The molecule has 1 aromatic rings. The summed E-state index contributed by atoms with van der Waals surface area (Å²) in [7, 11) is -11.4. The molecule has 1 aromatic heterocycles. The number of unbranched alkanes of at least 4 members (excludes halogenated alkanes) is 5. The molecule has 2 aliphatic rings. The van der Waals surface area contributed by atoms with E-state index < -0.39 is 133 Å². The van der Waals surface area contributed by atoms with Crippen LogP contribution in [-0.2, 0) is 51.1 Å². The highest BCUT2D eigenvalue weighted by molar-refractivity contribution is 7.61. The molecule has 3 heterocycles. The number of aliphatic hydroxyl groups is 5. The Bertz CT molecular complexity index is 2290. The normalized spacial score (nSPS) is 29.7. The number of nitrogens with zero attached hydrogens (tertiary/aromatic N) is 2. The van der Waals surface area contributed by atoms with Crippen molar-refractivity contribution >= 4 is 39.2 Å². The van der Waals surface area contributed by atoms with Gasteiger partial charge < -0.3 is 55.3 Å². The third kappa shape index (κ3) is 27.8. The smallest absolute Gasteiger partial charge is 0.462 e. The number of ketones is 1. The minimum atomic E-state index is -5.78.